The van der Waals surface area contributed by atoms with E-state index in [1.54, 1.807) is 0 Å². The molecule has 0 radical (unpaired) electrons. The molecular weight excluding hydrogens is 236 g/mol. The Balaban J connectivity index is 1.72. The molecule has 19 heavy (non-hydrogen) atoms. The zero-order chi connectivity index (χ0) is 13.5. The van der Waals surface area contributed by atoms with Gasteiger partial charge in [-0.2, -0.15) is 0 Å². The van der Waals surface area contributed by atoms with E-state index >= 15 is 0 Å². The summed E-state index contributed by atoms with van der Waals surface area (Å²) in [6.07, 6.45) is 7.59. The molecule has 0 N–H and O–H groups in total. The molecule has 1 saturated carbocycles. The van der Waals surface area contributed by atoms with Crippen LogP contribution in [-0.4, -0.2) is 5.97 Å². The number of esters is 1. The van der Waals surface area contributed by atoms with E-state index < -0.39 is 0 Å². The van der Waals surface area contributed by atoms with Crippen molar-refractivity contribution in [1.82, 2.24) is 0 Å². The first-order valence-electron chi connectivity index (χ1n) is 7.46. The van der Waals surface area contributed by atoms with Crippen LogP contribution in [0.1, 0.15) is 51.0 Å². The molecule has 0 heterocycles. The lowest BCUT2D eigenvalue weighted by Crippen LogP contribution is -2.19. The smallest absolute Gasteiger partial charge is 0.308 e. The highest BCUT2D eigenvalue weighted by Gasteiger charge is 2.21. The van der Waals surface area contributed by atoms with E-state index in [0.29, 0.717) is 6.61 Å². The van der Waals surface area contributed by atoms with Crippen LogP contribution in [0.5, 0.6) is 0 Å². The van der Waals surface area contributed by atoms with Crippen LogP contribution in [0.2, 0.25) is 0 Å². The van der Waals surface area contributed by atoms with Crippen molar-refractivity contribution >= 4 is 5.97 Å². The highest BCUT2D eigenvalue weighted by molar-refractivity contribution is 5.71. The summed E-state index contributed by atoms with van der Waals surface area (Å²) in [6, 6.07) is 9.87. The van der Waals surface area contributed by atoms with Gasteiger partial charge in [0.2, 0.25) is 0 Å². The van der Waals surface area contributed by atoms with Crippen molar-refractivity contribution in [3.05, 3.63) is 35.9 Å². The van der Waals surface area contributed by atoms with Gasteiger partial charge in [-0.15, -0.1) is 0 Å². The summed E-state index contributed by atoms with van der Waals surface area (Å²) in [5.74, 6) is 0.717. The zero-order valence-corrected chi connectivity index (χ0v) is 11.8. The second-order valence-electron chi connectivity index (χ2n) is 5.73. The molecule has 0 saturated heterocycles. The SMILES string of the molecule is CC(CC1CCCCC1)C(=O)OCc1ccccc1. The molecule has 1 unspecified atom stereocenters. The van der Waals surface area contributed by atoms with Crippen molar-refractivity contribution in [2.75, 3.05) is 0 Å². The highest BCUT2D eigenvalue weighted by atomic mass is 16.5. The molecule has 2 nitrogen and oxygen atoms in total. The van der Waals surface area contributed by atoms with Gasteiger partial charge in [0.1, 0.15) is 6.61 Å². The molecule has 1 aromatic rings. The number of carbonyl (C=O) groups excluding carboxylic acids is 1. The van der Waals surface area contributed by atoms with Crippen LogP contribution >= 0.6 is 0 Å². The summed E-state index contributed by atoms with van der Waals surface area (Å²) in [5.41, 5.74) is 1.06. The predicted molar refractivity (Wildman–Crippen MR) is 76.6 cm³/mol. The Bertz CT molecular complexity index is 380. The minimum absolute atomic E-state index is 0.0341. The van der Waals surface area contributed by atoms with E-state index in [9.17, 15) is 4.79 Å². The molecule has 104 valence electrons. The van der Waals surface area contributed by atoms with Crippen LogP contribution in [0, 0.1) is 11.8 Å². The van der Waals surface area contributed by atoms with E-state index in [0.717, 1.165) is 17.9 Å². The van der Waals surface area contributed by atoms with Crippen LogP contribution in [0.4, 0.5) is 0 Å². The Morgan fingerprint density at radius 2 is 1.89 bits per heavy atom. The Morgan fingerprint density at radius 1 is 1.21 bits per heavy atom. The van der Waals surface area contributed by atoms with Gasteiger partial charge in [0, 0.05) is 0 Å². The van der Waals surface area contributed by atoms with Crippen LogP contribution in [-0.2, 0) is 16.1 Å². The number of ether oxygens (including phenoxy) is 1. The third-order valence-electron chi connectivity index (χ3n) is 4.04. The molecule has 2 heteroatoms. The second kappa shape index (κ2) is 7.32. The first-order valence-corrected chi connectivity index (χ1v) is 7.46. The molecule has 1 aliphatic rings. The van der Waals surface area contributed by atoms with Crippen LogP contribution in [0.25, 0.3) is 0 Å². The summed E-state index contributed by atoms with van der Waals surface area (Å²) < 4.78 is 5.39. The minimum atomic E-state index is -0.0468. The van der Waals surface area contributed by atoms with Gasteiger partial charge < -0.3 is 4.74 Å². The topological polar surface area (TPSA) is 26.3 Å². The minimum Gasteiger partial charge on any atom is -0.461 e. The molecule has 1 aromatic carbocycles. The number of hydrogen-bond donors (Lipinski definition) is 0. The van der Waals surface area contributed by atoms with Crippen molar-refractivity contribution in [2.45, 2.75) is 52.1 Å². The van der Waals surface area contributed by atoms with Gasteiger partial charge in [-0.25, -0.2) is 0 Å². The largest absolute Gasteiger partial charge is 0.461 e. The zero-order valence-electron chi connectivity index (χ0n) is 11.8. The van der Waals surface area contributed by atoms with Crippen molar-refractivity contribution < 1.29 is 9.53 Å². The fourth-order valence-corrected chi connectivity index (χ4v) is 2.89. The average molecular weight is 260 g/mol. The number of rotatable bonds is 5. The Kier molecular flexibility index (Phi) is 5.44. The molecule has 0 amide bonds. The number of benzene rings is 1. The average Bonchev–Trinajstić information content (AvgIpc) is 2.47. The third kappa shape index (κ3) is 4.70. The fourth-order valence-electron chi connectivity index (χ4n) is 2.89. The monoisotopic (exact) mass is 260 g/mol. The molecule has 0 spiro atoms. The Hall–Kier alpha value is -1.31. The maximum atomic E-state index is 12.0. The van der Waals surface area contributed by atoms with Gasteiger partial charge in [0.25, 0.3) is 0 Å². The first-order chi connectivity index (χ1) is 9.25. The molecule has 2 rings (SSSR count). The second-order valence-corrected chi connectivity index (χ2v) is 5.73. The quantitative estimate of drug-likeness (QED) is 0.736. The van der Waals surface area contributed by atoms with Gasteiger partial charge in [0.05, 0.1) is 5.92 Å². The lowest BCUT2D eigenvalue weighted by Gasteiger charge is -2.23. The summed E-state index contributed by atoms with van der Waals surface area (Å²) in [4.78, 5) is 12.0. The fraction of sp³-hybridized carbons (Fsp3) is 0.588. The molecule has 1 aliphatic carbocycles. The predicted octanol–water partition coefficient (Wildman–Crippen LogP) is 4.34. The van der Waals surface area contributed by atoms with Crippen molar-refractivity contribution in [1.29, 1.82) is 0 Å². The highest BCUT2D eigenvalue weighted by Crippen LogP contribution is 2.29. The van der Waals surface area contributed by atoms with Gasteiger partial charge in [0.15, 0.2) is 0 Å². The molecule has 0 bridgehead atoms. The van der Waals surface area contributed by atoms with Gasteiger partial charge >= 0.3 is 5.97 Å². The third-order valence-corrected chi connectivity index (χ3v) is 4.04. The molecular formula is C17H24O2. The lowest BCUT2D eigenvalue weighted by molar-refractivity contribution is -0.150. The summed E-state index contributed by atoms with van der Waals surface area (Å²) in [6.45, 7) is 2.40. The van der Waals surface area contributed by atoms with Crippen LogP contribution in [0.3, 0.4) is 0 Å². The summed E-state index contributed by atoms with van der Waals surface area (Å²) >= 11 is 0. The van der Waals surface area contributed by atoms with Gasteiger partial charge in [-0.05, 0) is 17.9 Å². The van der Waals surface area contributed by atoms with Gasteiger partial charge in [-0.3, -0.25) is 4.79 Å². The van der Waals surface area contributed by atoms with E-state index in [4.69, 9.17) is 4.74 Å². The number of hydrogen-bond acceptors (Lipinski definition) is 2. The Morgan fingerprint density at radius 3 is 2.58 bits per heavy atom. The van der Waals surface area contributed by atoms with E-state index in [1.165, 1.54) is 32.1 Å². The number of carbonyl (C=O) groups is 1. The lowest BCUT2D eigenvalue weighted by atomic mass is 9.83. The molecule has 0 aromatic heterocycles. The van der Waals surface area contributed by atoms with Crippen molar-refractivity contribution in [2.24, 2.45) is 11.8 Å². The molecule has 0 aliphatic heterocycles. The van der Waals surface area contributed by atoms with E-state index in [-0.39, 0.29) is 11.9 Å². The maximum Gasteiger partial charge on any atom is 0.308 e. The summed E-state index contributed by atoms with van der Waals surface area (Å²) in [5, 5.41) is 0. The van der Waals surface area contributed by atoms with Crippen LogP contribution < -0.4 is 0 Å². The molecule has 1 atom stereocenters. The standard InChI is InChI=1S/C17H24O2/c1-14(12-15-8-4-2-5-9-15)17(18)19-13-16-10-6-3-7-11-16/h3,6-7,10-11,14-15H,2,4-5,8-9,12-13H2,1H3. The molecule has 1 fully saturated rings. The van der Waals surface area contributed by atoms with Crippen molar-refractivity contribution in [3.8, 4) is 0 Å². The van der Waals surface area contributed by atoms with Crippen LogP contribution in [0.15, 0.2) is 30.3 Å². The van der Waals surface area contributed by atoms with E-state index in [2.05, 4.69) is 0 Å². The van der Waals surface area contributed by atoms with Gasteiger partial charge in [-0.1, -0.05) is 69.4 Å². The summed E-state index contributed by atoms with van der Waals surface area (Å²) in [7, 11) is 0. The van der Waals surface area contributed by atoms with Crippen molar-refractivity contribution in [3.63, 3.8) is 0 Å². The normalized spacial score (nSPS) is 17.9. The Labute approximate surface area is 116 Å². The van der Waals surface area contributed by atoms with E-state index in [1.807, 2.05) is 37.3 Å². The first kappa shape index (κ1) is 14.1. The maximum absolute atomic E-state index is 12.0.